The van der Waals surface area contributed by atoms with E-state index in [2.05, 4.69) is 20.1 Å². The minimum absolute atomic E-state index is 0.0212. The molecule has 1 aromatic carbocycles. The van der Waals surface area contributed by atoms with Crippen molar-refractivity contribution >= 4 is 22.5 Å². The zero-order chi connectivity index (χ0) is 18.1. The molecule has 1 atom stereocenters. The van der Waals surface area contributed by atoms with Gasteiger partial charge >= 0.3 is 6.01 Å². The van der Waals surface area contributed by atoms with Crippen LogP contribution in [0.15, 0.2) is 55.1 Å². The number of benzene rings is 1. The zero-order valence-corrected chi connectivity index (χ0v) is 14.5. The fourth-order valence-corrected chi connectivity index (χ4v) is 2.93. The smallest absolute Gasteiger partial charge is 0.326 e. The first-order valence-electron chi connectivity index (χ1n) is 7.89. The monoisotopic (exact) mass is 367 g/mol. The van der Waals surface area contributed by atoms with Gasteiger partial charge in [0.2, 0.25) is 5.88 Å². The van der Waals surface area contributed by atoms with Gasteiger partial charge in [0.1, 0.15) is 0 Å². The lowest BCUT2D eigenvalue weighted by Crippen LogP contribution is -2.07. The third kappa shape index (κ3) is 3.04. The van der Waals surface area contributed by atoms with Crippen molar-refractivity contribution in [3.8, 4) is 17.6 Å². The van der Waals surface area contributed by atoms with Crippen molar-refractivity contribution in [3.05, 3.63) is 65.7 Å². The van der Waals surface area contributed by atoms with Gasteiger partial charge in [0.25, 0.3) is 0 Å². The fraction of sp³-hybridized carbons (Fsp3) is 0.111. The van der Waals surface area contributed by atoms with E-state index in [9.17, 15) is 5.11 Å². The average molecular weight is 368 g/mol. The highest BCUT2D eigenvalue weighted by atomic mass is 35.5. The summed E-state index contributed by atoms with van der Waals surface area (Å²) in [5.41, 5.74) is 1.45. The highest BCUT2D eigenvalue weighted by Gasteiger charge is 2.14. The molecule has 0 amide bonds. The molecule has 4 rings (SSSR count). The normalized spacial score (nSPS) is 12.2. The van der Waals surface area contributed by atoms with Gasteiger partial charge in [-0.25, -0.2) is 0 Å². The molecule has 26 heavy (non-hydrogen) atoms. The Kier molecular flexibility index (Phi) is 4.14. The van der Waals surface area contributed by atoms with Crippen LogP contribution in [0.1, 0.15) is 18.5 Å². The van der Waals surface area contributed by atoms with Gasteiger partial charge in [-0.3, -0.25) is 9.67 Å². The van der Waals surface area contributed by atoms with Crippen molar-refractivity contribution in [3.63, 3.8) is 0 Å². The van der Waals surface area contributed by atoms with E-state index in [1.807, 2.05) is 31.2 Å². The second-order valence-electron chi connectivity index (χ2n) is 5.68. The molecule has 0 radical (unpaired) electrons. The number of pyridine rings is 1. The molecule has 1 N–H and O–H groups in total. The fourth-order valence-electron chi connectivity index (χ4n) is 2.64. The van der Waals surface area contributed by atoms with E-state index in [1.54, 1.807) is 29.3 Å². The SMILES string of the molecule is CC(c1ccccc1Cl)n1cc(Oc2nc(O)c3ccncc3n2)cn1. The quantitative estimate of drug-likeness (QED) is 0.587. The van der Waals surface area contributed by atoms with Crippen LogP contribution in [-0.4, -0.2) is 29.8 Å². The van der Waals surface area contributed by atoms with Crippen LogP contribution in [0.5, 0.6) is 17.6 Å². The van der Waals surface area contributed by atoms with Crippen LogP contribution < -0.4 is 4.74 Å². The Morgan fingerprint density at radius 3 is 2.85 bits per heavy atom. The van der Waals surface area contributed by atoms with Crippen molar-refractivity contribution in [1.29, 1.82) is 0 Å². The highest BCUT2D eigenvalue weighted by Crippen LogP contribution is 2.28. The van der Waals surface area contributed by atoms with E-state index in [0.717, 1.165) is 5.56 Å². The Labute approximate surface area is 153 Å². The Balaban J connectivity index is 1.60. The molecular formula is C18H14ClN5O2. The standard InChI is InChI=1S/C18H14ClN5O2/c1-11(13-4-2-3-5-15(13)19)24-10-12(8-21-24)26-18-22-16-9-20-7-6-14(16)17(25)23-18/h2-11H,1H3,(H,22,23,25). The summed E-state index contributed by atoms with van der Waals surface area (Å²) in [5, 5.41) is 15.5. The first-order chi connectivity index (χ1) is 12.6. The summed E-state index contributed by atoms with van der Waals surface area (Å²) in [6.07, 6.45) is 6.38. The van der Waals surface area contributed by atoms with Gasteiger partial charge in [0, 0.05) is 11.2 Å². The van der Waals surface area contributed by atoms with Crippen molar-refractivity contribution in [2.24, 2.45) is 0 Å². The van der Waals surface area contributed by atoms with E-state index in [-0.39, 0.29) is 17.9 Å². The van der Waals surface area contributed by atoms with Gasteiger partial charge in [0.05, 0.1) is 35.5 Å². The van der Waals surface area contributed by atoms with Crippen LogP contribution in [0.25, 0.3) is 10.9 Å². The minimum Gasteiger partial charge on any atom is -0.493 e. The molecule has 1 unspecified atom stereocenters. The number of rotatable bonds is 4. The van der Waals surface area contributed by atoms with Gasteiger partial charge in [0.15, 0.2) is 5.75 Å². The van der Waals surface area contributed by atoms with Gasteiger partial charge in [-0.1, -0.05) is 29.8 Å². The number of halogens is 1. The number of hydrogen-bond donors (Lipinski definition) is 1. The van der Waals surface area contributed by atoms with E-state index in [1.165, 1.54) is 6.20 Å². The maximum Gasteiger partial charge on any atom is 0.326 e. The second kappa shape index (κ2) is 6.61. The lowest BCUT2D eigenvalue weighted by atomic mass is 10.1. The topological polar surface area (TPSA) is 86.0 Å². The summed E-state index contributed by atoms with van der Waals surface area (Å²) < 4.78 is 7.37. The van der Waals surface area contributed by atoms with Crippen LogP contribution in [0.2, 0.25) is 5.02 Å². The Bertz CT molecular complexity index is 1080. The summed E-state index contributed by atoms with van der Waals surface area (Å²) in [5.74, 6) is 0.288. The van der Waals surface area contributed by atoms with Crippen molar-refractivity contribution in [2.45, 2.75) is 13.0 Å². The van der Waals surface area contributed by atoms with Crippen LogP contribution in [0.4, 0.5) is 0 Å². The number of ether oxygens (including phenoxy) is 1. The van der Waals surface area contributed by atoms with E-state index in [4.69, 9.17) is 16.3 Å². The molecule has 0 bridgehead atoms. The summed E-state index contributed by atoms with van der Waals surface area (Å²) >= 11 is 6.25. The predicted molar refractivity (Wildman–Crippen MR) is 96.6 cm³/mol. The number of aromatic nitrogens is 5. The zero-order valence-electron chi connectivity index (χ0n) is 13.7. The average Bonchev–Trinajstić information content (AvgIpc) is 3.10. The largest absolute Gasteiger partial charge is 0.493 e. The van der Waals surface area contributed by atoms with Crippen molar-refractivity contribution < 1.29 is 9.84 Å². The maximum atomic E-state index is 10.0. The molecule has 0 aliphatic carbocycles. The molecular weight excluding hydrogens is 354 g/mol. The third-order valence-electron chi connectivity index (χ3n) is 4.00. The van der Waals surface area contributed by atoms with Crippen LogP contribution in [-0.2, 0) is 0 Å². The highest BCUT2D eigenvalue weighted by molar-refractivity contribution is 6.31. The molecule has 3 heterocycles. The van der Waals surface area contributed by atoms with Crippen LogP contribution >= 0.6 is 11.6 Å². The molecule has 4 aromatic rings. The van der Waals surface area contributed by atoms with E-state index in [0.29, 0.717) is 21.7 Å². The lowest BCUT2D eigenvalue weighted by molar-refractivity contribution is 0.411. The number of nitrogens with zero attached hydrogens (tertiary/aromatic N) is 5. The molecule has 7 nitrogen and oxygen atoms in total. The molecule has 0 aliphatic heterocycles. The second-order valence-corrected chi connectivity index (χ2v) is 6.09. The van der Waals surface area contributed by atoms with Gasteiger partial charge in [-0.2, -0.15) is 15.1 Å². The molecule has 0 saturated heterocycles. The summed E-state index contributed by atoms with van der Waals surface area (Å²) in [6.45, 7) is 1.99. The van der Waals surface area contributed by atoms with Gasteiger partial charge in [-0.15, -0.1) is 0 Å². The first kappa shape index (κ1) is 16.3. The van der Waals surface area contributed by atoms with Gasteiger partial charge < -0.3 is 9.84 Å². The molecule has 0 aliphatic rings. The number of hydrogen-bond acceptors (Lipinski definition) is 6. The maximum absolute atomic E-state index is 10.0. The van der Waals surface area contributed by atoms with E-state index < -0.39 is 0 Å². The molecule has 0 saturated carbocycles. The van der Waals surface area contributed by atoms with Crippen LogP contribution in [0.3, 0.4) is 0 Å². The van der Waals surface area contributed by atoms with Crippen molar-refractivity contribution in [1.82, 2.24) is 24.7 Å². The molecule has 8 heteroatoms. The summed E-state index contributed by atoms with van der Waals surface area (Å²) in [6, 6.07) is 9.19. The van der Waals surface area contributed by atoms with Gasteiger partial charge in [-0.05, 0) is 24.6 Å². The molecule has 0 fully saturated rings. The lowest BCUT2D eigenvalue weighted by Gasteiger charge is -2.13. The Hall–Kier alpha value is -3.19. The van der Waals surface area contributed by atoms with Crippen LogP contribution in [0, 0.1) is 0 Å². The molecule has 130 valence electrons. The summed E-state index contributed by atoms with van der Waals surface area (Å²) in [7, 11) is 0. The van der Waals surface area contributed by atoms with E-state index >= 15 is 0 Å². The molecule has 3 aromatic heterocycles. The Morgan fingerprint density at radius 1 is 1.15 bits per heavy atom. The number of fused-ring (bicyclic) bond motifs is 1. The molecule has 0 spiro atoms. The Morgan fingerprint density at radius 2 is 2.00 bits per heavy atom. The summed E-state index contributed by atoms with van der Waals surface area (Å²) in [4.78, 5) is 12.2. The first-order valence-corrected chi connectivity index (χ1v) is 8.27. The predicted octanol–water partition coefficient (Wildman–Crippen LogP) is 3.98. The van der Waals surface area contributed by atoms with Crippen molar-refractivity contribution in [2.75, 3.05) is 0 Å². The third-order valence-corrected chi connectivity index (χ3v) is 4.34. The minimum atomic E-state index is -0.163. The number of aromatic hydroxyl groups is 1.